The summed E-state index contributed by atoms with van der Waals surface area (Å²) in [7, 11) is 4.14. The lowest BCUT2D eigenvalue weighted by Gasteiger charge is -2.16. The minimum atomic E-state index is -4.53. The van der Waals surface area contributed by atoms with E-state index in [1.807, 2.05) is 0 Å². The summed E-state index contributed by atoms with van der Waals surface area (Å²) in [5, 5.41) is 3.73. The summed E-state index contributed by atoms with van der Waals surface area (Å²) >= 11 is 0. The maximum Gasteiger partial charge on any atom is 0.422 e. The number of aromatic nitrogens is 2. The molecule has 0 aliphatic heterocycles. The molecule has 1 aromatic carbocycles. The van der Waals surface area contributed by atoms with Crippen LogP contribution in [-0.4, -0.2) is 55.0 Å². The van der Waals surface area contributed by atoms with Crippen molar-refractivity contribution in [1.29, 1.82) is 0 Å². The van der Waals surface area contributed by atoms with Crippen LogP contribution in [0.2, 0.25) is 0 Å². The number of hydrogen-bond donors (Lipinski definition) is 1. The fourth-order valence-corrected chi connectivity index (χ4v) is 1.89. The maximum atomic E-state index is 12.3. The van der Waals surface area contributed by atoms with Crippen LogP contribution in [0.15, 0.2) is 30.5 Å². The Hall–Kier alpha value is -3.08. The van der Waals surface area contributed by atoms with E-state index in [0.29, 0.717) is 11.4 Å². The number of nitrogens with zero attached hydrogens (tertiary/aromatic N) is 3. The van der Waals surface area contributed by atoms with Gasteiger partial charge in [0.15, 0.2) is 18.1 Å². The molecular formula is C16H17F3N4O4. The molecule has 0 radical (unpaired) electrons. The summed E-state index contributed by atoms with van der Waals surface area (Å²) in [6.45, 7) is -1.53. The highest BCUT2D eigenvalue weighted by atomic mass is 19.4. The number of benzene rings is 1. The van der Waals surface area contributed by atoms with E-state index in [4.69, 9.17) is 9.57 Å². The maximum absolute atomic E-state index is 12.3. The number of halogens is 3. The molecule has 1 N–H and O–H groups in total. The first kappa shape index (κ1) is 20.2. The summed E-state index contributed by atoms with van der Waals surface area (Å²) in [4.78, 5) is 24.9. The zero-order valence-electron chi connectivity index (χ0n) is 14.7. The Morgan fingerprint density at radius 2 is 1.89 bits per heavy atom. The number of ether oxygens (including phenoxy) is 2. The Morgan fingerprint density at radius 3 is 2.44 bits per heavy atom. The van der Waals surface area contributed by atoms with Crippen molar-refractivity contribution >= 4 is 17.4 Å². The third-order valence-electron chi connectivity index (χ3n) is 3.25. The van der Waals surface area contributed by atoms with Crippen molar-refractivity contribution in [2.24, 2.45) is 0 Å². The van der Waals surface area contributed by atoms with E-state index in [-0.39, 0.29) is 17.4 Å². The van der Waals surface area contributed by atoms with Crippen molar-refractivity contribution in [3.63, 3.8) is 0 Å². The average Bonchev–Trinajstić information content (AvgIpc) is 2.65. The van der Waals surface area contributed by atoms with Crippen molar-refractivity contribution in [2.45, 2.75) is 6.18 Å². The fraction of sp³-hybridized carbons (Fsp3) is 0.312. The standard InChI is InChI=1S/C16H17F3N4O4/c1-23(26-3)15(24)13-14(21-10-4-6-11(25-2)7-5-10)22-12(8-20-13)27-9-16(17,18)19/h4-8H,9H2,1-3H3,(H,21,22). The van der Waals surface area contributed by atoms with Crippen molar-refractivity contribution in [2.75, 3.05) is 33.2 Å². The van der Waals surface area contributed by atoms with E-state index in [9.17, 15) is 18.0 Å². The zero-order valence-corrected chi connectivity index (χ0v) is 14.7. The molecule has 0 bridgehead atoms. The molecule has 0 saturated heterocycles. The summed E-state index contributed by atoms with van der Waals surface area (Å²) in [6, 6.07) is 6.58. The molecule has 0 atom stereocenters. The van der Waals surface area contributed by atoms with Crippen LogP contribution in [0.25, 0.3) is 0 Å². The Kier molecular flexibility index (Phi) is 6.40. The molecule has 1 aromatic heterocycles. The van der Waals surface area contributed by atoms with Gasteiger partial charge >= 0.3 is 6.18 Å². The number of methoxy groups -OCH3 is 1. The van der Waals surface area contributed by atoms with Gasteiger partial charge in [0.2, 0.25) is 5.88 Å². The van der Waals surface area contributed by atoms with Gasteiger partial charge in [0.05, 0.1) is 20.4 Å². The molecule has 27 heavy (non-hydrogen) atoms. The summed E-state index contributed by atoms with van der Waals surface area (Å²) in [5.74, 6) is -0.526. The normalized spacial score (nSPS) is 11.0. The van der Waals surface area contributed by atoms with Crippen molar-refractivity contribution < 1.29 is 32.3 Å². The van der Waals surface area contributed by atoms with Crippen LogP contribution in [0.4, 0.5) is 24.7 Å². The third kappa shape index (κ3) is 5.71. The number of carbonyl (C=O) groups is 1. The monoisotopic (exact) mass is 386 g/mol. The lowest BCUT2D eigenvalue weighted by Crippen LogP contribution is -2.27. The van der Waals surface area contributed by atoms with Gasteiger partial charge in [-0.05, 0) is 24.3 Å². The Bertz CT molecular complexity index is 784. The second-order valence-corrected chi connectivity index (χ2v) is 5.15. The van der Waals surface area contributed by atoms with E-state index >= 15 is 0 Å². The van der Waals surface area contributed by atoms with Crippen LogP contribution in [0.3, 0.4) is 0 Å². The van der Waals surface area contributed by atoms with Gasteiger partial charge in [-0.15, -0.1) is 0 Å². The molecule has 0 spiro atoms. The third-order valence-corrected chi connectivity index (χ3v) is 3.25. The molecule has 0 fully saturated rings. The Labute approximate surface area is 152 Å². The number of alkyl halides is 3. The van der Waals surface area contributed by atoms with Gasteiger partial charge in [-0.3, -0.25) is 9.63 Å². The van der Waals surface area contributed by atoms with Crippen molar-refractivity contribution in [1.82, 2.24) is 15.0 Å². The highest BCUT2D eigenvalue weighted by molar-refractivity contribution is 5.96. The Balaban J connectivity index is 2.33. The molecule has 8 nitrogen and oxygen atoms in total. The van der Waals surface area contributed by atoms with Gasteiger partial charge in [0.1, 0.15) is 5.75 Å². The molecule has 0 aliphatic rings. The summed E-state index contributed by atoms with van der Waals surface area (Å²) in [5.41, 5.74) is 0.349. The molecule has 1 amide bonds. The van der Waals surface area contributed by atoms with Crippen LogP contribution in [0, 0.1) is 0 Å². The van der Waals surface area contributed by atoms with E-state index in [1.54, 1.807) is 24.3 Å². The molecule has 1 heterocycles. The minimum Gasteiger partial charge on any atom is -0.497 e. The van der Waals surface area contributed by atoms with Gasteiger partial charge in [0.25, 0.3) is 5.91 Å². The highest BCUT2D eigenvalue weighted by Gasteiger charge is 2.29. The van der Waals surface area contributed by atoms with Gasteiger partial charge in [-0.25, -0.2) is 10.0 Å². The molecule has 2 rings (SSSR count). The van der Waals surface area contributed by atoms with Gasteiger partial charge < -0.3 is 14.8 Å². The van der Waals surface area contributed by atoms with Crippen LogP contribution in [0.1, 0.15) is 10.5 Å². The second kappa shape index (κ2) is 8.54. The van der Waals surface area contributed by atoms with Crippen LogP contribution in [-0.2, 0) is 4.84 Å². The molecule has 0 aliphatic carbocycles. The van der Waals surface area contributed by atoms with Crippen molar-refractivity contribution in [3.05, 3.63) is 36.2 Å². The number of nitrogens with one attached hydrogen (secondary N) is 1. The fourth-order valence-electron chi connectivity index (χ4n) is 1.89. The van der Waals surface area contributed by atoms with E-state index < -0.39 is 18.7 Å². The smallest absolute Gasteiger partial charge is 0.422 e. The van der Waals surface area contributed by atoms with Crippen LogP contribution < -0.4 is 14.8 Å². The first-order valence-electron chi connectivity index (χ1n) is 7.53. The predicted octanol–water partition coefficient (Wildman–Crippen LogP) is 2.80. The molecule has 146 valence electrons. The number of rotatable bonds is 7. The molecule has 0 unspecified atom stereocenters. The summed E-state index contributed by atoms with van der Waals surface area (Å²) < 4.78 is 46.7. The SMILES string of the molecule is COc1ccc(Nc2nc(OCC(F)(F)F)cnc2C(=O)N(C)OC)cc1. The van der Waals surface area contributed by atoms with Gasteiger partial charge in [-0.1, -0.05) is 0 Å². The lowest BCUT2D eigenvalue weighted by molar-refractivity contribution is -0.154. The van der Waals surface area contributed by atoms with Crippen molar-refractivity contribution in [3.8, 4) is 11.6 Å². The van der Waals surface area contributed by atoms with E-state index in [1.165, 1.54) is 21.3 Å². The minimum absolute atomic E-state index is 0.0891. The van der Waals surface area contributed by atoms with Gasteiger partial charge in [-0.2, -0.15) is 18.2 Å². The number of hydrogen-bond acceptors (Lipinski definition) is 7. The Morgan fingerprint density at radius 1 is 1.22 bits per heavy atom. The van der Waals surface area contributed by atoms with E-state index in [0.717, 1.165) is 11.3 Å². The first-order chi connectivity index (χ1) is 12.7. The average molecular weight is 386 g/mol. The number of hydroxylamine groups is 2. The number of amides is 1. The predicted molar refractivity (Wildman–Crippen MR) is 89.0 cm³/mol. The van der Waals surface area contributed by atoms with E-state index in [2.05, 4.69) is 20.0 Å². The molecular weight excluding hydrogens is 369 g/mol. The van der Waals surface area contributed by atoms with Crippen LogP contribution >= 0.6 is 0 Å². The molecule has 11 heteroatoms. The largest absolute Gasteiger partial charge is 0.497 e. The second-order valence-electron chi connectivity index (χ2n) is 5.15. The molecule has 0 saturated carbocycles. The molecule has 2 aromatic rings. The number of carbonyl (C=O) groups excluding carboxylic acids is 1. The summed E-state index contributed by atoms with van der Waals surface area (Å²) in [6.07, 6.45) is -3.60. The highest BCUT2D eigenvalue weighted by Crippen LogP contribution is 2.24. The first-order valence-corrected chi connectivity index (χ1v) is 7.53. The lowest BCUT2D eigenvalue weighted by atomic mass is 10.3. The van der Waals surface area contributed by atoms with Gasteiger partial charge in [0, 0.05) is 12.7 Å². The topological polar surface area (TPSA) is 85.8 Å². The zero-order chi connectivity index (χ0) is 20.0. The quantitative estimate of drug-likeness (QED) is 0.733. The van der Waals surface area contributed by atoms with Crippen LogP contribution in [0.5, 0.6) is 11.6 Å². The number of anilines is 2.